The van der Waals surface area contributed by atoms with E-state index in [9.17, 15) is 13.2 Å². The van der Waals surface area contributed by atoms with Gasteiger partial charge in [0.1, 0.15) is 11.4 Å². The minimum atomic E-state index is -3.30. The molecule has 0 fully saturated rings. The van der Waals surface area contributed by atoms with E-state index in [4.69, 9.17) is 4.42 Å². The van der Waals surface area contributed by atoms with Crippen molar-refractivity contribution in [3.63, 3.8) is 0 Å². The fraction of sp³-hybridized carbons (Fsp3) is 0.0476. The van der Waals surface area contributed by atoms with Crippen molar-refractivity contribution in [3.05, 3.63) is 84.8 Å². The summed E-state index contributed by atoms with van der Waals surface area (Å²) in [5.41, 5.74) is 2.04. The van der Waals surface area contributed by atoms with Gasteiger partial charge < -0.3 is 9.73 Å². The van der Waals surface area contributed by atoms with E-state index in [-0.39, 0.29) is 10.8 Å². The van der Waals surface area contributed by atoms with E-state index < -0.39 is 9.84 Å². The van der Waals surface area contributed by atoms with E-state index in [2.05, 4.69) is 10.4 Å². The van der Waals surface area contributed by atoms with Gasteiger partial charge in [-0.1, -0.05) is 18.2 Å². The van der Waals surface area contributed by atoms with E-state index in [1.54, 1.807) is 36.6 Å². The average Bonchev–Trinajstić information content (AvgIpc) is 3.38. The number of carbonyl (C=O) groups is 1. The van der Waals surface area contributed by atoms with Gasteiger partial charge in [0.25, 0.3) is 5.91 Å². The van der Waals surface area contributed by atoms with Crippen LogP contribution in [0.25, 0.3) is 17.1 Å². The smallest absolute Gasteiger partial charge is 0.274 e. The summed E-state index contributed by atoms with van der Waals surface area (Å²) in [6.45, 7) is 0. The van der Waals surface area contributed by atoms with E-state index in [1.807, 2.05) is 30.3 Å². The van der Waals surface area contributed by atoms with E-state index >= 15 is 0 Å². The van der Waals surface area contributed by atoms with Crippen molar-refractivity contribution in [1.29, 1.82) is 0 Å². The Morgan fingerprint density at radius 2 is 1.72 bits per heavy atom. The molecule has 0 bridgehead atoms. The van der Waals surface area contributed by atoms with Crippen molar-refractivity contribution in [2.75, 3.05) is 11.6 Å². The first kappa shape index (κ1) is 18.7. The van der Waals surface area contributed by atoms with Crippen molar-refractivity contribution < 1.29 is 17.6 Å². The third-order valence-corrected chi connectivity index (χ3v) is 5.39. The van der Waals surface area contributed by atoms with Gasteiger partial charge in [0.15, 0.2) is 15.6 Å². The first-order chi connectivity index (χ1) is 13.9. The van der Waals surface area contributed by atoms with Gasteiger partial charge in [-0.25, -0.2) is 13.1 Å². The molecule has 0 atom stereocenters. The second kappa shape index (κ2) is 7.40. The lowest BCUT2D eigenvalue weighted by molar-refractivity contribution is 0.101. The Morgan fingerprint density at radius 1 is 1.00 bits per heavy atom. The van der Waals surface area contributed by atoms with Crippen molar-refractivity contribution in [2.24, 2.45) is 0 Å². The molecule has 0 saturated carbocycles. The van der Waals surface area contributed by atoms with E-state index in [0.717, 1.165) is 11.9 Å². The quantitative estimate of drug-likeness (QED) is 0.543. The maximum atomic E-state index is 13.0. The molecule has 1 N–H and O–H groups in total. The molecular formula is C21H17N3O4S. The molecule has 0 aliphatic rings. The number of hydrogen-bond donors (Lipinski definition) is 1. The second-order valence-corrected chi connectivity index (χ2v) is 8.41. The summed E-state index contributed by atoms with van der Waals surface area (Å²) in [6.07, 6.45) is 2.68. The maximum absolute atomic E-state index is 13.0. The number of aromatic nitrogens is 2. The Kier molecular flexibility index (Phi) is 4.77. The third kappa shape index (κ3) is 3.97. The van der Waals surface area contributed by atoms with Gasteiger partial charge >= 0.3 is 0 Å². The van der Waals surface area contributed by atoms with Crippen LogP contribution in [0.2, 0.25) is 0 Å². The molecule has 2 aromatic heterocycles. The van der Waals surface area contributed by atoms with Crippen molar-refractivity contribution in [2.45, 2.75) is 4.90 Å². The largest absolute Gasteiger partial charge is 0.463 e. The predicted molar refractivity (Wildman–Crippen MR) is 109 cm³/mol. The van der Waals surface area contributed by atoms with Crippen molar-refractivity contribution in [1.82, 2.24) is 9.78 Å². The molecule has 2 aromatic carbocycles. The minimum absolute atomic E-state index is 0.185. The molecule has 0 radical (unpaired) electrons. The summed E-state index contributed by atoms with van der Waals surface area (Å²) in [5, 5.41) is 7.30. The van der Waals surface area contributed by atoms with Crippen LogP contribution in [0.3, 0.4) is 0 Å². The van der Waals surface area contributed by atoms with Crippen LogP contribution in [0.15, 0.2) is 88.4 Å². The zero-order chi connectivity index (χ0) is 20.4. The molecule has 0 aliphatic heterocycles. The molecule has 0 unspecified atom stereocenters. The molecule has 0 spiro atoms. The lowest BCUT2D eigenvalue weighted by Crippen LogP contribution is -2.17. The number of amides is 1. The van der Waals surface area contributed by atoms with Gasteiger partial charge in [-0.05, 0) is 48.5 Å². The number of sulfone groups is 1. The lowest BCUT2D eigenvalue weighted by Gasteiger charge is -2.09. The SMILES string of the molecule is CS(=O)(=O)c1ccc(NC(=O)c2cc(-c3ccco3)nn2-c2ccccc2)cc1. The molecule has 0 saturated heterocycles. The van der Waals surface area contributed by atoms with Crippen LogP contribution in [-0.2, 0) is 9.84 Å². The van der Waals surface area contributed by atoms with Crippen LogP contribution in [0.4, 0.5) is 5.69 Å². The first-order valence-corrected chi connectivity index (χ1v) is 10.6. The molecule has 4 rings (SSSR count). The number of hydrogen-bond acceptors (Lipinski definition) is 5. The Hall–Kier alpha value is -3.65. The highest BCUT2D eigenvalue weighted by Gasteiger charge is 2.19. The number of nitrogens with one attached hydrogen (secondary N) is 1. The van der Waals surface area contributed by atoms with Gasteiger partial charge in [0.2, 0.25) is 0 Å². The topological polar surface area (TPSA) is 94.2 Å². The molecular weight excluding hydrogens is 390 g/mol. The molecule has 0 aliphatic carbocycles. The number of carbonyl (C=O) groups excluding carboxylic acids is 1. The number of para-hydroxylation sites is 1. The summed E-state index contributed by atoms with van der Waals surface area (Å²) < 4.78 is 30.1. The summed E-state index contributed by atoms with van der Waals surface area (Å²) in [6, 6.07) is 20.4. The van der Waals surface area contributed by atoms with Crippen LogP contribution in [0, 0.1) is 0 Å². The van der Waals surface area contributed by atoms with Crippen LogP contribution in [0.1, 0.15) is 10.5 Å². The third-order valence-electron chi connectivity index (χ3n) is 4.26. The molecule has 7 nitrogen and oxygen atoms in total. The number of rotatable bonds is 5. The Labute approximate surface area is 167 Å². The standard InChI is InChI=1S/C21H17N3O4S/c1-29(26,27)17-11-9-15(10-12-17)22-21(25)19-14-18(20-8-5-13-28-20)23-24(19)16-6-3-2-4-7-16/h2-14H,1H3,(H,22,25). The molecule has 4 aromatic rings. The monoisotopic (exact) mass is 407 g/mol. The van der Waals surface area contributed by atoms with Crippen molar-refractivity contribution >= 4 is 21.4 Å². The van der Waals surface area contributed by atoms with E-state index in [0.29, 0.717) is 22.8 Å². The van der Waals surface area contributed by atoms with Crippen LogP contribution in [-0.4, -0.2) is 30.4 Å². The minimum Gasteiger partial charge on any atom is -0.463 e. The summed E-state index contributed by atoms with van der Waals surface area (Å²) in [5.74, 6) is 0.164. The molecule has 1 amide bonds. The summed E-state index contributed by atoms with van der Waals surface area (Å²) >= 11 is 0. The second-order valence-electron chi connectivity index (χ2n) is 6.39. The Balaban J connectivity index is 1.69. The van der Waals surface area contributed by atoms with Crippen LogP contribution >= 0.6 is 0 Å². The van der Waals surface area contributed by atoms with Crippen LogP contribution < -0.4 is 5.32 Å². The van der Waals surface area contributed by atoms with Crippen LogP contribution in [0.5, 0.6) is 0 Å². The Bertz CT molecular complexity index is 1240. The molecule has 29 heavy (non-hydrogen) atoms. The molecule has 2 heterocycles. The zero-order valence-electron chi connectivity index (χ0n) is 15.4. The average molecular weight is 407 g/mol. The maximum Gasteiger partial charge on any atom is 0.274 e. The van der Waals surface area contributed by atoms with Gasteiger partial charge in [0, 0.05) is 18.0 Å². The molecule has 146 valence electrons. The van der Waals surface area contributed by atoms with E-state index in [1.165, 1.54) is 16.8 Å². The fourth-order valence-corrected chi connectivity index (χ4v) is 3.46. The number of nitrogens with zero attached hydrogens (tertiary/aromatic N) is 2. The normalized spacial score (nSPS) is 11.3. The number of benzene rings is 2. The number of furan rings is 1. The highest BCUT2D eigenvalue weighted by Crippen LogP contribution is 2.23. The number of anilines is 1. The predicted octanol–water partition coefficient (Wildman–Crippen LogP) is 3.79. The molecule has 8 heteroatoms. The van der Waals surface area contributed by atoms with Crippen molar-refractivity contribution in [3.8, 4) is 17.1 Å². The summed E-state index contributed by atoms with van der Waals surface area (Å²) in [4.78, 5) is 13.1. The fourth-order valence-electron chi connectivity index (χ4n) is 2.83. The zero-order valence-corrected chi connectivity index (χ0v) is 16.3. The highest BCUT2D eigenvalue weighted by atomic mass is 32.2. The lowest BCUT2D eigenvalue weighted by atomic mass is 10.2. The van der Waals surface area contributed by atoms with Gasteiger partial charge in [-0.2, -0.15) is 5.10 Å². The first-order valence-electron chi connectivity index (χ1n) is 8.73. The van der Waals surface area contributed by atoms with Gasteiger partial charge in [0.05, 0.1) is 16.8 Å². The highest BCUT2D eigenvalue weighted by molar-refractivity contribution is 7.90. The van der Waals surface area contributed by atoms with Gasteiger partial charge in [-0.15, -0.1) is 0 Å². The summed E-state index contributed by atoms with van der Waals surface area (Å²) in [7, 11) is -3.30. The van der Waals surface area contributed by atoms with Gasteiger partial charge in [-0.3, -0.25) is 4.79 Å². The Morgan fingerprint density at radius 3 is 2.34 bits per heavy atom.